The van der Waals surface area contributed by atoms with Crippen molar-refractivity contribution in [2.75, 3.05) is 25.5 Å². The average molecular weight is 337 g/mol. The number of hydrogen-bond acceptors (Lipinski definition) is 4. The van der Waals surface area contributed by atoms with E-state index in [1.807, 2.05) is 6.07 Å². The minimum Gasteiger partial charge on any atom is -0.495 e. The molecule has 0 fully saturated rings. The van der Waals surface area contributed by atoms with Crippen molar-refractivity contribution in [1.29, 1.82) is 5.26 Å². The lowest BCUT2D eigenvalue weighted by molar-refractivity contribution is -0.116. The van der Waals surface area contributed by atoms with Crippen molar-refractivity contribution in [3.8, 4) is 11.8 Å². The molecule has 2 rings (SSSR count). The lowest BCUT2D eigenvalue weighted by Crippen LogP contribution is -2.37. The van der Waals surface area contributed by atoms with Gasteiger partial charge in [0.2, 0.25) is 5.91 Å². The molecule has 0 bridgehead atoms. The number of anilines is 1. The van der Waals surface area contributed by atoms with Crippen molar-refractivity contribution in [3.63, 3.8) is 0 Å². The lowest BCUT2D eigenvalue weighted by Gasteiger charge is -2.21. The Morgan fingerprint density at radius 2 is 1.84 bits per heavy atom. The Morgan fingerprint density at radius 1 is 1.16 bits per heavy atom. The third-order valence-electron chi connectivity index (χ3n) is 3.65. The number of hydrogen-bond donors (Lipinski definition) is 1. The van der Waals surface area contributed by atoms with E-state index in [0.29, 0.717) is 29.1 Å². The largest absolute Gasteiger partial charge is 0.495 e. The van der Waals surface area contributed by atoms with E-state index in [9.17, 15) is 9.59 Å². The van der Waals surface area contributed by atoms with Crippen molar-refractivity contribution in [2.45, 2.75) is 6.92 Å². The summed E-state index contributed by atoms with van der Waals surface area (Å²) < 4.78 is 5.19. The zero-order valence-corrected chi connectivity index (χ0v) is 14.2. The van der Waals surface area contributed by atoms with Gasteiger partial charge in [0.1, 0.15) is 12.3 Å². The molecular weight excluding hydrogens is 318 g/mol. The fraction of sp³-hybridized carbons (Fsp3) is 0.211. The number of nitriles is 1. The number of nitrogens with one attached hydrogen (secondary N) is 1. The summed E-state index contributed by atoms with van der Waals surface area (Å²) in [5.74, 6) is -0.0205. The average Bonchev–Trinajstić information content (AvgIpc) is 2.66. The third-order valence-corrected chi connectivity index (χ3v) is 3.65. The van der Waals surface area contributed by atoms with Crippen LogP contribution in [0.3, 0.4) is 0 Å². The van der Waals surface area contributed by atoms with Crippen molar-refractivity contribution in [3.05, 3.63) is 59.7 Å². The maximum atomic E-state index is 12.5. The van der Waals surface area contributed by atoms with Crippen LogP contribution in [-0.4, -0.2) is 36.9 Å². The molecule has 0 saturated heterocycles. The second kappa shape index (κ2) is 8.50. The summed E-state index contributed by atoms with van der Waals surface area (Å²) >= 11 is 0. The van der Waals surface area contributed by atoms with Gasteiger partial charge >= 0.3 is 0 Å². The predicted octanol–water partition coefficient (Wildman–Crippen LogP) is 2.67. The van der Waals surface area contributed by atoms with Gasteiger partial charge in [-0.15, -0.1) is 0 Å². The smallest absolute Gasteiger partial charge is 0.254 e. The highest BCUT2D eigenvalue weighted by atomic mass is 16.5. The standard InChI is InChI=1S/C19H19N3O3/c1-3-22(19(24)15-10-8-14(12-20)9-11-15)13-18(23)21-16-6-4-5-7-17(16)25-2/h4-11H,3,13H2,1-2H3,(H,21,23). The van der Waals surface area contributed by atoms with Gasteiger partial charge in [0, 0.05) is 12.1 Å². The molecule has 0 aliphatic carbocycles. The van der Waals surface area contributed by atoms with Gasteiger partial charge in [-0.25, -0.2) is 0 Å². The molecule has 0 atom stereocenters. The van der Waals surface area contributed by atoms with Crippen molar-refractivity contribution < 1.29 is 14.3 Å². The van der Waals surface area contributed by atoms with Gasteiger partial charge in [-0.3, -0.25) is 9.59 Å². The zero-order valence-electron chi connectivity index (χ0n) is 14.2. The van der Waals surface area contributed by atoms with E-state index in [-0.39, 0.29) is 18.4 Å². The Morgan fingerprint density at radius 3 is 2.44 bits per heavy atom. The van der Waals surface area contributed by atoms with Crippen LogP contribution in [-0.2, 0) is 4.79 Å². The predicted molar refractivity (Wildman–Crippen MR) is 94.4 cm³/mol. The first-order chi connectivity index (χ1) is 12.1. The first kappa shape index (κ1) is 18.0. The molecule has 0 aliphatic heterocycles. The van der Waals surface area contributed by atoms with Crippen LogP contribution in [0.5, 0.6) is 5.75 Å². The zero-order chi connectivity index (χ0) is 18.2. The van der Waals surface area contributed by atoms with E-state index in [2.05, 4.69) is 5.32 Å². The van der Waals surface area contributed by atoms with Gasteiger partial charge in [-0.1, -0.05) is 12.1 Å². The number of carbonyl (C=O) groups excluding carboxylic acids is 2. The number of benzene rings is 2. The van der Waals surface area contributed by atoms with Crippen LogP contribution in [0.2, 0.25) is 0 Å². The van der Waals surface area contributed by atoms with Crippen LogP contribution in [0.25, 0.3) is 0 Å². The van der Waals surface area contributed by atoms with E-state index in [1.54, 1.807) is 55.5 Å². The number of amides is 2. The first-order valence-electron chi connectivity index (χ1n) is 7.81. The van der Waals surface area contributed by atoms with Crippen molar-refractivity contribution in [2.24, 2.45) is 0 Å². The van der Waals surface area contributed by atoms with E-state index in [0.717, 1.165) is 0 Å². The molecule has 0 aliphatic rings. The van der Waals surface area contributed by atoms with Gasteiger partial charge in [0.05, 0.1) is 24.4 Å². The molecule has 0 radical (unpaired) electrons. The quantitative estimate of drug-likeness (QED) is 0.878. The summed E-state index contributed by atoms with van der Waals surface area (Å²) in [4.78, 5) is 26.2. The molecule has 0 aromatic heterocycles. The summed E-state index contributed by atoms with van der Waals surface area (Å²) in [6.45, 7) is 2.11. The molecule has 0 unspecified atom stereocenters. The third kappa shape index (κ3) is 4.58. The van der Waals surface area contributed by atoms with E-state index >= 15 is 0 Å². The van der Waals surface area contributed by atoms with Gasteiger partial charge in [0.25, 0.3) is 5.91 Å². The minimum atomic E-state index is -0.312. The molecule has 6 nitrogen and oxygen atoms in total. The second-order valence-corrected chi connectivity index (χ2v) is 5.26. The molecule has 0 heterocycles. The Kier molecular flexibility index (Phi) is 6.13. The number of methoxy groups -OCH3 is 1. The summed E-state index contributed by atoms with van der Waals surface area (Å²) in [5, 5.41) is 11.6. The van der Waals surface area contributed by atoms with Crippen LogP contribution in [0, 0.1) is 11.3 Å². The fourth-order valence-corrected chi connectivity index (χ4v) is 2.31. The van der Waals surface area contributed by atoms with Gasteiger partial charge < -0.3 is 15.0 Å². The second-order valence-electron chi connectivity index (χ2n) is 5.26. The summed E-state index contributed by atoms with van der Waals surface area (Å²) in [5.41, 5.74) is 1.47. The Hall–Kier alpha value is -3.33. The first-order valence-corrected chi connectivity index (χ1v) is 7.81. The highest BCUT2D eigenvalue weighted by molar-refractivity contribution is 5.99. The Labute approximate surface area is 146 Å². The molecule has 128 valence electrons. The van der Waals surface area contributed by atoms with Crippen LogP contribution in [0.1, 0.15) is 22.8 Å². The SMILES string of the molecule is CCN(CC(=O)Nc1ccccc1OC)C(=O)c1ccc(C#N)cc1. The van der Waals surface area contributed by atoms with E-state index in [1.165, 1.54) is 12.0 Å². The van der Waals surface area contributed by atoms with Crippen molar-refractivity contribution >= 4 is 17.5 Å². The van der Waals surface area contributed by atoms with E-state index in [4.69, 9.17) is 10.00 Å². The molecule has 2 amide bonds. The highest BCUT2D eigenvalue weighted by Crippen LogP contribution is 2.22. The normalized spacial score (nSPS) is 9.80. The number of para-hydroxylation sites is 2. The molecule has 2 aromatic rings. The van der Waals surface area contributed by atoms with Crippen molar-refractivity contribution in [1.82, 2.24) is 4.90 Å². The summed E-state index contributed by atoms with van der Waals surface area (Å²) in [6.07, 6.45) is 0. The summed E-state index contributed by atoms with van der Waals surface area (Å²) in [7, 11) is 1.53. The maximum absolute atomic E-state index is 12.5. The molecule has 1 N–H and O–H groups in total. The molecule has 25 heavy (non-hydrogen) atoms. The topological polar surface area (TPSA) is 82.4 Å². The molecule has 6 heteroatoms. The Bertz CT molecular complexity index is 794. The highest BCUT2D eigenvalue weighted by Gasteiger charge is 2.18. The number of rotatable bonds is 6. The monoisotopic (exact) mass is 337 g/mol. The summed E-state index contributed by atoms with van der Waals surface area (Å²) in [6, 6.07) is 15.4. The van der Waals surface area contributed by atoms with Gasteiger partial charge in [0.15, 0.2) is 0 Å². The molecular formula is C19H19N3O3. The van der Waals surface area contributed by atoms with Gasteiger partial charge in [-0.05, 0) is 43.3 Å². The Balaban J connectivity index is 2.06. The number of carbonyl (C=O) groups is 2. The van der Waals surface area contributed by atoms with Crippen LogP contribution in [0.15, 0.2) is 48.5 Å². The lowest BCUT2D eigenvalue weighted by atomic mass is 10.1. The van der Waals surface area contributed by atoms with Crippen LogP contribution in [0.4, 0.5) is 5.69 Å². The number of ether oxygens (including phenoxy) is 1. The molecule has 2 aromatic carbocycles. The van der Waals surface area contributed by atoms with E-state index < -0.39 is 0 Å². The van der Waals surface area contributed by atoms with Crippen LogP contribution >= 0.6 is 0 Å². The molecule has 0 saturated carbocycles. The fourth-order valence-electron chi connectivity index (χ4n) is 2.31. The number of nitrogens with zero attached hydrogens (tertiary/aromatic N) is 2. The molecule has 0 spiro atoms. The minimum absolute atomic E-state index is 0.0760. The van der Waals surface area contributed by atoms with Crippen LogP contribution < -0.4 is 10.1 Å². The van der Waals surface area contributed by atoms with Gasteiger partial charge in [-0.2, -0.15) is 5.26 Å². The maximum Gasteiger partial charge on any atom is 0.254 e. The number of likely N-dealkylation sites (N-methyl/N-ethyl adjacent to an activating group) is 1.